The Labute approximate surface area is 82.6 Å². The van der Waals surface area contributed by atoms with E-state index in [1.165, 1.54) is 0 Å². The van der Waals surface area contributed by atoms with Crippen LogP contribution in [0.2, 0.25) is 0 Å². The van der Waals surface area contributed by atoms with Gasteiger partial charge in [-0.1, -0.05) is 0 Å². The van der Waals surface area contributed by atoms with E-state index in [9.17, 15) is 10.2 Å². The lowest BCUT2D eigenvalue weighted by molar-refractivity contribution is 0.0125. The highest BCUT2D eigenvalue weighted by Gasteiger charge is 2.19. The average molecular weight is 202 g/mol. The van der Waals surface area contributed by atoms with Gasteiger partial charge >= 0.3 is 0 Å². The second kappa shape index (κ2) is 4.64. The van der Waals surface area contributed by atoms with Crippen molar-refractivity contribution >= 4 is 12.6 Å². The molecule has 1 aromatic heterocycles. The molecule has 74 valence electrons. The van der Waals surface area contributed by atoms with Gasteiger partial charge in [0.15, 0.2) is 0 Å². The van der Waals surface area contributed by atoms with E-state index >= 15 is 0 Å². The minimum absolute atomic E-state index is 0.468. The molecule has 0 saturated heterocycles. The molecule has 0 radical (unpaired) electrons. The summed E-state index contributed by atoms with van der Waals surface area (Å²) in [6.07, 6.45) is 0.411. The third-order valence-electron chi connectivity index (χ3n) is 1.95. The number of aliphatic hydroxyl groups is 2. The zero-order valence-corrected chi connectivity index (χ0v) is 8.35. The minimum atomic E-state index is -0.875. The molecule has 4 nitrogen and oxygen atoms in total. The zero-order chi connectivity index (χ0) is 9.84. The van der Waals surface area contributed by atoms with Crippen molar-refractivity contribution in [1.29, 1.82) is 0 Å². The smallest absolute Gasteiger partial charge is 0.121 e. The van der Waals surface area contributed by atoms with E-state index in [0.717, 1.165) is 0 Å². The number of nitrogens with zero attached hydrogens (tertiary/aromatic N) is 2. The van der Waals surface area contributed by atoms with Gasteiger partial charge in [-0.2, -0.15) is 17.7 Å². The van der Waals surface area contributed by atoms with Gasteiger partial charge in [-0.25, -0.2) is 0 Å². The fourth-order valence-electron chi connectivity index (χ4n) is 1.16. The summed E-state index contributed by atoms with van der Waals surface area (Å²) in [7, 11) is 1.73. The second-order valence-electron chi connectivity index (χ2n) is 2.90. The number of aryl methyl sites for hydroxylation is 1. The number of thiol groups is 1. The second-order valence-corrected chi connectivity index (χ2v) is 3.35. The molecule has 0 spiro atoms. The molecule has 0 bridgehead atoms. The van der Waals surface area contributed by atoms with Crippen LogP contribution in [0.25, 0.3) is 0 Å². The van der Waals surface area contributed by atoms with Crippen molar-refractivity contribution in [1.82, 2.24) is 9.78 Å². The van der Waals surface area contributed by atoms with Gasteiger partial charge in [0, 0.05) is 13.2 Å². The summed E-state index contributed by atoms with van der Waals surface area (Å²) < 4.78 is 1.55. The van der Waals surface area contributed by atoms with Crippen LogP contribution < -0.4 is 0 Å². The summed E-state index contributed by atoms with van der Waals surface area (Å²) >= 11 is 3.98. The van der Waals surface area contributed by atoms with E-state index in [1.807, 2.05) is 0 Å². The predicted octanol–water partition coefficient (Wildman–Crippen LogP) is 0.134. The van der Waals surface area contributed by atoms with Gasteiger partial charge in [-0.15, -0.1) is 0 Å². The van der Waals surface area contributed by atoms with E-state index in [0.29, 0.717) is 17.9 Å². The molecule has 0 saturated carbocycles. The number of hydrogen-bond acceptors (Lipinski definition) is 4. The van der Waals surface area contributed by atoms with Gasteiger partial charge in [-0.3, -0.25) is 4.68 Å². The van der Waals surface area contributed by atoms with Gasteiger partial charge < -0.3 is 10.2 Å². The number of aliphatic hydroxyl groups excluding tert-OH is 2. The Morgan fingerprint density at radius 3 is 2.77 bits per heavy atom. The summed E-state index contributed by atoms with van der Waals surface area (Å²) in [4.78, 5) is 0. The molecule has 13 heavy (non-hydrogen) atoms. The first-order valence-electron chi connectivity index (χ1n) is 4.11. The van der Waals surface area contributed by atoms with E-state index in [2.05, 4.69) is 17.7 Å². The number of aromatic nitrogens is 2. The fourth-order valence-corrected chi connectivity index (χ4v) is 1.43. The Kier molecular flexibility index (Phi) is 3.77. The third-order valence-corrected chi connectivity index (χ3v) is 2.21. The number of hydrogen-bond donors (Lipinski definition) is 3. The molecule has 1 rings (SSSR count). The van der Waals surface area contributed by atoms with Gasteiger partial charge in [0.05, 0.1) is 11.8 Å². The summed E-state index contributed by atoms with van der Waals surface area (Å²) in [5.74, 6) is 0.552. The van der Waals surface area contributed by atoms with Crippen LogP contribution in [-0.4, -0.2) is 31.9 Å². The maximum Gasteiger partial charge on any atom is 0.121 e. The lowest BCUT2D eigenvalue weighted by Crippen LogP contribution is -2.21. The van der Waals surface area contributed by atoms with Crippen molar-refractivity contribution in [2.24, 2.45) is 7.05 Å². The first-order chi connectivity index (χ1) is 6.16. The van der Waals surface area contributed by atoms with Crippen LogP contribution in [0.3, 0.4) is 0 Å². The maximum atomic E-state index is 9.65. The lowest BCUT2D eigenvalue weighted by atomic mass is 10.1. The molecule has 1 heterocycles. The zero-order valence-electron chi connectivity index (χ0n) is 7.46. The molecule has 2 unspecified atom stereocenters. The monoisotopic (exact) mass is 202 g/mol. The van der Waals surface area contributed by atoms with Crippen LogP contribution in [0.4, 0.5) is 0 Å². The lowest BCUT2D eigenvalue weighted by Gasteiger charge is -2.16. The van der Waals surface area contributed by atoms with Crippen LogP contribution >= 0.6 is 12.6 Å². The molecule has 0 aliphatic rings. The van der Waals surface area contributed by atoms with Crippen LogP contribution in [0.5, 0.6) is 0 Å². The molecule has 0 aliphatic heterocycles. The van der Waals surface area contributed by atoms with Gasteiger partial charge in [0.25, 0.3) is 0 Å². The van der Waals surface area contributed by atoms with Crippen molar-refractivity contribution in [3.8, 4) is 0 Å². The van der Waals surface area contributed by atoms with Crippen LogP contribution in [0.15, 0.2) is 12.3 Å². The van der Waals surface area contributed by atoms with Crippen molar-refractivity contribution in [2.45, 2.75) is 18.6 Å². The fraction of sp³-hybridized carbons (Fsp3) is 0.625. The Bertz CT molecular complexity index is 264. The molecule has 0 fully saturated rings. The molecule has 0 aliphatic carbocycles. The minimum Gasteiger partial charge on any atom is -0.390 e. The van der Waals surface area contributed by atoms with Gasteiger partial charge in [0.2, 0.25) is 0 Å². The summed E-state index contributed by atoms with van der Waals surface area (Å²) in [6, 6.07) is 1.69. The molecular formula is C8H14N2O2S. The quantitative estimate of drug-likeness (QED) is 0.608. The molecule has 2 N–H and O–H groups in total. The average Bonchev–Trinajstić information content (AvgIpc) is 2.50. The van der Waals surface area contributed by atoms with Crippen LogP contribution in [0, 0.1) is 0 Å². The highest BCUT2D eigenvalue weighted by molar-refractivity contribution is 7.80. The van der Waals surface area contributed by atoms with E-state index < -0.39 is 12.2 Å². The highest BCUT2D eigenvalue weighted by atomic mass is 32.1. The number of rotatable bonds is 4. The molecule has 0 amide bonds. The third kappa shape index (κ3) is 2.46. The first kappa shape index (κ1) is 10.6. The molecule has 2 atom stereocenters. The first-order valence-corrected chi connectivity index (χ1v) is 4.75. The topological polar surface area (TPSA) is 58.3 Å². The summed E-state index contributed by atoms with van der Waals surface area (Å²) in [6.45, 7) is 0. The highest BCUT2D eigenvalue weighted by Crippen LogP contribution is 2.17. The van der Waals surface area contributed by atoms with Crippen molar-refractivity contribution < 1.29 is 10.2 Å². The Balaban J connectivity index is 2.67. The Morgan fingerprint density at radius 1 is 1.62 bits per heavy atom. The van der Waals surface area contributed by atoms with Gasteiger partial charge in [-0.05, 0) is 18.2 Å². The summed E-state index contributed by atoms with van der Waals surface area (Å²) in [5.41, 5.74) is 0.620. The predicted molar refractivity (Wildman–Crippen MR) is 52.6 cm³/mol. The van der Waals surface area contributed by atoms with Crippen LogP contribution in [0.1, 0.15) is 18.2 Å². The van der Waals surface area contributed by atoms with E-state index in [1.54, 1.807) is 24.0 Å². The molecule has 5 heteroatoms. The molecule has 0 aromatic carbocycles. The van der Waals surface area contributed by atoms with Crippen LogP contribution in [-0.2, 0) is 7.05 Å². The van der Waals surface area contributed by atoms with Crippen molar-refractivity contribution in [2.75, 3.05) is 5.75 Å². The Hall–Kier alpha value is -0.520. The summed E-state index contributed by atoms with van der Waals surface area (Å²) in [5, 5.41) is 23.0. The Morgan fingerprint density at radius 2 is 2.31 bits per heavy atom. The SMILES string of the molecule is Cn1nccc1C(O)C(O)CCS. The van der Waals surface area contributed by atoms with Gasteiger partial charge in [0.1, 0.15) is 6.10 Å². The normalized spacial score (nSPS) is 15.7. The molecular weight excluding hydrogens is 188 g/mol. The van der Waals surface area contributed by atoms with E-state index in [-0.39, 0.29) is 0 Å². The van der Waals surface area contributed by atoms with Crippen molar-refractivity contribution in [3.05, 3.63) is 18.0 Å². The maximum absolute atomic E-state index is 9.65. The molecule has 1 aromatic rings. The van der Waals surface area contributed by atoms with E-state index in [4.69, 9.17) is 0 Å². The standard InChI is InChI=1S/C8H14N2O2S/c1-10-6(2-4-9-10)8(12)7(11)3-5-13/h2,4,7-8,11-13H,3,5H2,1H3. The van der Waals surface area contributed by atoms with Crippen molar-refractivity contribution in [3.63, 3.8) is 0 Å². The largest absolute Gasteiger partial charge is 0.390 e.